The van der Waals surface area contributed by atoms with Gasteiger partial charge in [0.2, 0.25) is 5.91 Å². The number of likely N-dealkylation sites (N-methyl/N-ethyl adjacent to an activating group) is 1. The van der Waals surface area contributed by atoms with Crippen LogP contribution in [0.25, 0.3) is 0 Å². The molecule has 0 saturated heterocycles. The third-order valence-electron chi connectivity index (χ3n) is 3.74. The molecule has 1 N–H and O–H groups in total. The summed E-state index contributed by atoms with van der Waals surface area (Å²) in [7, 11) is 1.59. The summed E-state index contributed by atoms with van der Waals surface area (Å²) in [5.41, 5.74) is 1.14. The van der Waals surface area contributed by atoms with E-state index in [0.717, 1.165) is 6.42 Å². The number of hydrogen-bond donors (Lipinski definition) is 1. The number of carbonyl (C=O) groups excluding carboxylic acids is 2. The highest BCUT2D eigenvalue weighted by Gasteiger charge is 2.17. The smallest absolute Gasteiger partial charge is 0.254 e. The highest BCUT2D eigenvalue weighted by atomic mass is 16.5. The van der Waals surface area contributed by atoms with Crippen molar-refractivity contribution in [2.24, 2.45) is 0 Å². The summed E-state index contributed by atoms with van der Waals surface area (Å²) in [5.74, 6) is 0.616. The number of anilines is 1. The highest BCUT2D eigenvalue weighted by Crippen LogP contribution is 2.29. The lowest BCUT2D eigenvalue weighted by atomic mass is 10.1. The molecule has 2 aromatic rings. The van der Waals surface area contributed by atoms with E-state index in [2.05, 4.69) is 5.32 Å². The summed E-state index contributed by atoms with van der Waals surface area (Å²) >= 11 is 0. The van der Waals surface area contributed by atoms with Crippen LogP contribution in [0.2, 0.25) is 0 Å². The molecule has 6 heteroatoms. The van der Waals surface area contributed by atoms with Crippen molar-refractivity contribution in [2.75, 3.05) is 32.1 Å². The Morgan fingerprint density at radius 1 is 1.00 bits per heavy atom. The predicted octanol–water partition coefficient (Wildman–Crippen LogP) is 3.58. The van der Waals surface area contributed by atoms with Gasteiger partial charge in [0.15, 0.2) is 11.5 Å². The van der Waals surface area contributed by atoms with Crippen molar-refractivity contribution >= 4 is 17.5 Å². The molecule has 0 saturated carbocycles. The first-order valence-electron chi connectivity index (χ1n) is 9.05. The van der Waals surface area contributed by atoms with Crippen LogP contribution in [-0.2, 0) is 4.79 Å². The molecule has 0 fully saturated rings. The largest absolute Gasteiger partial charge is 0.490 e. The molecule has 0 spiro atoms. The zero-order valence-corrected chi connectivity index (χ0v) is 16.0. The quantitative estimate of drug-likeness (QED) is 0.732. The third-order valence-corrected chi connectivity index (χ3v) is 3.74. The fourth-order valence-corrected chi connectivity index (χ4v) is 2.47. The number of carbonyl (C=O) groups is 2. The van der Waals surface area contributed by atoms with Crippen molar-refractivity contribution in [3.05, 3.63) is 54.1 Å². The van der Waals surface area contributed by atoms with E-state index in [4.69, 9.17) is 9.47 Å². The number of nitrogens with one attached hydrogen (secondary N) is 1. The van der Waals surface area contributed by atoms with Crippen LogP contribution in [0.3, 0.4) is 0 Å². The van der Waals surface area contributed by atoms with Gasteiger partial charge in [-0.1, -0.05) is 25.1 Å². The number of benzene rings is 2. The van der Waals surface area contributed by atoms with Crippen molar-refractivity contribution in [1.29, 1.82) is 0 Å². The zero-order valence-electron chi connectivity index (χ0n) is 16.0. The van der Waals surface area contributed by atoms with Gasteiger partial charge in [0.25, 0.3) is 5.91 Å². The standard InChI is InChI=1S/C21H26N2O4/c1-4-13-27-18-12-11-16(14-19(18)26-5-2)21(25)23(3)15-20(24)22-17-9-7-6-8-10-17/h6-12,14H,4-5,13,15H2,1-3H3,(H,22,24). The van der Waals surface area contributed by atoms with Gasteiger partial charge >= 0.3 is 0 Å². The van der Waals surface area contributed by atoms with Gasteiger partial charge in [-0.15, -0.1) is 0 Å². The van der Waals surface area contributed by atoms with Crippen LogP contribution in [0.1, 0.15) is 30.6 Å². The molecule has 0 bridgehead atoms. The van der Waals surface area contributed by atoms with Gasteiger partial charge in [-0.25, -0.2) is 0 Å². The van der Waals surface area contributed by atoms with Crippen LogP contribution < -0.4 is 14.8 Å². The van der Waals surface area contributed by atoms with Gasteiger partial charge in [0.1, 0.15) is 0 Å². The monoisotopic (exact) mass is 370 g/mol. The van der Waals surface area contributed by atoms with E-state index in [1.165, 1.54) is 4.90 Å². The molecule has 2 rings (SSSR count). The maximum atomic E-state index is 12.7. The van der Waals surface area contributed by atoms with E-state index in [9.17, 15) is 9.59 Å². The third kappa shape index (κ3) is 6.02. The second kappa shape index (κ2) is 10.2. The van der Waals surface area contributed by atoms with E-state index in [0.29, 0.717) is 36.0 Å². The molecule has 144 valence electrons. The number of amides is 2. The summed E-state index contributed by atoms with van der Waals surface area (Å²) in [6, 6.07) is 14.2. The van der Waals surface area contributed by atoms with Gasteiger partial charge < -0.3 is 19.7 Å². The molecule has 2 aromatic carbocycles. The Kier molecular flexibility index (Phi) is 7.67. The first kappa shape index (κ1) is 20.3. The van der Waals surface area contributed by atoms with E-state index in [1.807, 2.05) is 32.0 Å². The summed E-state index contributed by atoms with van der Waals surface area (Å²) in [4.78, 5) is 26.2. The van der Waals surface area contributed by atoms with Crippen LogP contribution in [0.4, 0.5) is 5.69 Å². The Bertz CT molecular complexity index is 762. The second-order valence-electron chi connectivity index (χ2n) is 6.02. The van der Waals surface area contributed by atoms with Crippen molar-refractivity contribution in [3.63, 3.8) is 0 Å². The van der Waals surface area contributed by atoms with Crippen LogP contribution in [0.5, 0.6) is 11.5 Å². The highest BCUT2D eigenvalue weighted by molar-refractivity contribution is 5.99. The average Bonchev–Trinajstić information content (AvgIpc) is 2.67. The molecule has 0 aliphatic heterocycles. The molecule has 0 aliphatic rings. The molecule has 27 heavy (non-hydrogen) atoms. The minimum Gasteiger partial charge on any atom is -0.490 e. The van der Waals surface area contributed by atoms with Crippen molar-refractivity contribution in [3.8, 4) is 11.5 Å². The minimum absolute atomic E-state index is 0.0498. The Hall–Kier alpha value is -3.02. The number of nitrogens with zero attached hydrogens (tertiary/aromatic N) is 1. The molecule has 0 radical (unpaired) electrons. The van der Waals surface area contributed by atoms with Gasteiger partial charge in [-0.2, -0.15) is 0 Å². The van der Waals surface area contributed by atoms with Crippen LogP contribution in [0.15, 0.2) is 48.5 Å². The SMILES string of the molecule is CCCOc1ccc(C(=O)N(C)CC(=O)Nc2ccccc2)cc1OCC. The Labute approximate surface area is 160 Å². The lowest BCUT2D eigenvalue weighted by molar-refractivity contribution is -0.116. The fourth-order valence-electron chi connectivity index (χ4n) is 2.47. The Morgan fingerprint density at radius 2 is 1.74 bits per heavy atom. The van der Waals surface area contributed by atoms with E-state index >= 15 is 0 Å². The first-order valence-corrected chi connectivity index (χ1v) is 9.05. The van der Waals surface area contributed by atoms with Crippen molar-refractivity contribution < 1.29 is 19.1 Å². The number of ether oxygens (including phenoxy) is 2. The lowest BCUT2D eigenvalue weighted by Crippen LogP contribution is -2.34. The van der Waals surface area contributed by atoms with E-state index < -0.39 is 0 Å². The number of rotatable bonds is 9. The van der Waals surface area contributed by atoms with Gasteiger partial charge in [0, 0.05) is 18.3 Å². The lowest BCUT2D eigenvalue weighted by Gasteiger charge is -2.18. The topological polar surface area (TPSA) is 67.9 Å². The van der Waals surface area contributed by atoms with Crippen LogP contribution in [0, 0.1) is 0 Å². The summed E-state index contributed by atoms with van der Waals surface area (Å²) in [6.07, 6.45) is 0.880. The van der Waals surface area contributed by atoms with E-state index in [-0.39, 0.29) is 18.4 Å². The van der Waals surface area contributed by atoms with E-state index in [1.54, 1.807) is 37.4 Å². The average molecular weight is 370 g/mol. The molecule has 0 heterocycles. The second-order valence-corrected chi connectivity index (χ2v) is 6.02. The molecule has 0 aliphatic carbocycles. The molecule has 0 unspecified atom stereocenters. The Morgan fingerprint density at radius 3 is 2.41 bits per heavy atom. The zero-order chi connectivity index (χ0) is 19.6. The number of para-hydroxylation sites is 1. The van der Waals surface area contributed by atoms with Crippen molar-refractivity contribution in [1.82, 2.24) is 4.90 Å². The molecule has 2 amide bonds. The molecular weight excluding hydrogens is 344 g/mol. The molecule has 0 atom stereocenters. The van der Waals surface area contributed by atoms with Gasteiger partial charge in [-0.3, -0.25) is 9.59 Å². The predicted molar refractivity (Wildman–Crippen MR) is 105 cm³/mol. The number of hydrogen-bond acceptors (Lipinski definition) is 4. The normalized spacial score (nSPS) is 10.2. The van der Waals surface area contributed by atoms with Crippen LogP contribution in [-0.4, -0.2) is 43.5 Å². The maximum Gasteiger partial charge on any atom is 0.254 e. The summed E-state index contributed by atoms with van der Waals surface area (Å²) < 4.78 is 11.2. The van der Waals surface area contributed by atoms with Crippen LogP contribution >= 0.6 is 0 Å². The fraction of sp³-hybridized carbons (Fsp3) is 0.333. The summed E-state index contributed by atoms with van der Waals surface area (Å²) in [5, 5.41) is 2.77. The summed E-state index contributed by atoms with van der Waals surface area (Å²) in [6.45, 7) is 4.89. The molecular formula is C21H26N2O4. The van der Waals surface area contributed by atoms with Gasteiger partial charge in [-0.05, 0) is 43.7 Å². The Balaban J connectivity index is 2.04. The minimum atomic E-state index is -0.263. The van der Waals surface area contributed by atoms with Crippen molar-refractivity contribution in [2.45, 2.75) is 20.3 Å². The maximum absolute atomic E-state index is 12.7. The first-order chi connectivity index (χ1) is 13.0. The molecule has 6 nitrogen and oxygen atoms in total. The van der Waals surface area contributed by atoms with Gasteiger partial charge in [0.05, 0.1) is 19.8 Å². The molecule has 0 aromatic heterocycles.